The molecule has 0 bridgehead atoms. The van der Waals surface area contributed by atoms with E-state index in [-0.39, 0.29) is 0 Å². The van der Waals surface area contributed by atoms with Crippen LogP contribution in [0.1, 0.15) is 38.3 Å². The van der Waals surface area contributed by atoms with Crippen molar-refractivity contribution in [1.82, 2.24) is 19.3 Å². The molecule has 0 unspecified atom stereocenters. The molecule has 0 amide bonds. The lowest BCUT2D eigenvalue weighted by Crippen LogP contribution is -2.05. The number of hydrogen-bond donors (Lipinski definition) is 1. The van der Waals surface area contributed by atoms with Crippen molar-refractivity contribution in [2.24, 2.45) is 0 Å². The summed E-state index contributed by atoms with van der Waals surface area (Å²) in [6.07, 6.45) is 3.01. The Morgan fingerprint density at radius 3 is 2.70 bits per heavy atom. The van der Waals surface area contributed by atoms with Gasteiger partial charge in [-0.15, -0.1) is 0 Å². The fourth-order valence-corrected chi connectivity index (χ4v) is 3.23. The lowest BCUT2D eigenvalue weighted by molar-refractivity contribution is 0.807. The zero-order chi connectivity index (χ0) is 14.4. The molecule has 108 valence electrons. The minimum Gasteiger partial charge on any atom is -0.370 e. The van der Waals surface area contributed by atoms with Crippen LogP contribution in [0.3, 0.4) is 0 Å². The third-order valence-corrected chi connectivity index (χ3v) is 4.24. The van der Waals surface area contributed by atoms with Crippen LogP contribution in [-0.2, 0) is 6.42 Å². The maximum Gasteiger partial charge on any atom is 0.176 e. The topological polar surface area (TPSA) is 63.6 Å². The Bertz CT molecular complexity index is 555. The summed E-state index contributed by atoms with van der Waals surface area (Å²) in [6, 6.07) is 1.98. The minimum atomic E-state index is 0.810. The van der Waals surface area contributed by atoms with Crippen LogP contribution >= 0.6 is 23.3 Å². The van der Waals surface area contributed by atoms with Gasteiger partial charge in [0.25, 0.3) is 0 Å². The van der Waals surface area contributed by atoms with E-state index in [0.717, 1.165) is 52.6 Å². The van der Waals surface area contributed by atoms with Crippen LogP contribution < -0.4 is 5.32 Å². The Labute approximate surface area is 127 Å². The lowest BCUT2D eigenvalue weighted by Gasteiger charge is -2.08. The fraction of sp³-hybridized carbons (Fsp3) is 0.538. The lowest BCUT2D eigenvalue weighted by atomic mass is 10.3. The van der Waals surface area contributed by atoms with Crippen molar-refractivity contribution in [3.63, 3.8) is 0 Å². The second kappa shape index (κ2) is 7.54. The Kier molecular flexibility index (Phi) is 5.72. The van der Waals surface area contributed by atoms with Crippen molar-refractivity contribution in [3.8, 4) is 0 Å². The van der Waals surface area contributed by atoms with Gasteiger partial charge in [0.2, 0.25) is 0 Å². The van der Waals surface area contributed by atoms with E-state index in [4.69, 9.17) is 0 Å². The van der Waals surface area contributed by atoms with E-state index < -0.39 is 0 Å². The largest absolute Gasteiger partial charge is 0.370 e. The molecule has 0 aliphatic heterocycles. The average Bonchev–Trinajstić information content (AvgIpc) is 2.82. The van der Waals surface area contributed by atoms with Gasteiger partial charge in [-0.05, 0) is 43.1 Å². The van der Waals surface area contributed by atoms with Gasteiger partial charge in [-0.3, -0.25) is 0 Å². The molecule has 20 heavy (non-hydrogen) atoms. The highest BCUT2D eigenvalue weighted by Crippen LogP contribution is 2.28. The molecular formula is C13H19N5S2. The second-order valence-corrected chi connectivity index (χ2v) is 6.41. The molecule has 1 N–H and O–H groups in total. The van der Waals surface area contributed by atoms with Gasteiger partial charge in [0.05, 0.1) is 0 Å². The van der Waals surface area contributed by atoms with E-state index in [9.17, 15) is 0 Å². The van der Waals surface area contributed by atoms with E-state index in [2.05, 4.69) is 38.5 Å². The van der Waals surface area contributed by atoms with Gasteiger partial charge in [-0.2, -0.15) is 4.37 Å². The molecule has 0 radical (unpaired) electrons. The highest BCUT2D eigenvalue weighted by Gasteiger charge is 2.08. The number of nitrogens with zero attached hydrogens (tertiary/aromatic N) is 4. The number of anilines is 1. The summed E-state index contributed by atoms with van der Waals surface area (Å²) >= 11 is 2.96. The minimum absolute atomic E-state index is 0.810. The van der Waals surface area contributed by atoms with E-state index in [1.165, 1.54) is 11.5 Å². The number of hydrogen-bond acceptors (Lipinski definition) is 7. The predicted molar refractivity (Wildman–Crippen MR) is 83.6 cm³/mol. The van der Waals surface area contributed by atoms with Gasteiger partial charge in [-0.25, -0.2) is 15.0 Å². The third kappa shape index (κ3) is 4.42. The van der Waals surface area contributed by atoms with E-state index >= 15 is 0 Å². The van der Waals surface area contributed by atoms with Crippen molar-refractivity contribution in [1.29, 1.82) is 0 Å². The summed E-state index contributed by atoms with van der Waals surface area (Å²) in [4.78, 5) is 13.5. The molecule has 0 fully saturated rings. The van der Waals surface area contributed by atoms with E-state index in [0.29, 0.717) is 0 Å². The molecule has 0 spiro atoms. The molecule has 0 aliphatic rings. The van der Waals surface area contributed by atoms with Crippen molar-refractivity contribution in [3.05, 3.63) is 17.7 Å². The Hall–Kier alpha value is -1.21. The van der Waals surface area contributed by atoms with Crippen molar-refractivity contribution >= 4 is 29.1 Å². The van der Waals surface area contributed by atoms with Gasteiger partial charge < -0.3 is 5.32 Å². The van der Waals surface area contributed by atoms with Crippen molar-refractivity contribution < 1.29 is 0 Å². The highest BCUT2D eigenvalue weighted by molar-refractivity contribution is 8.00. The van der Waals surface area contributed by atoms with Gasteiger partial charge >= 0.3 is 0 Å². The van der Waals surface area contributed by atoms with Crippen LogP contribution in [0.4, 0.5) is 5.82 Å². The average molecular weight is 309 g/mol. The summed E-state index contributed by atoms with van der Waals surface area (Å²) in [6.45, 7) is 7.10. The molecule has 0 aliphatic carbocycles. The first kappa shape index (κ1) is 15.2. The molecular weight excluding hydrogens is 290 g/mol. The van der Waals surface area contributed by atoms with Gasteiger partial charge in [0.15, 0.2) is 4.34 Å². The molecule has 2 aromatic heterocycles. The summed E-state index contributed by atoms with van der Waals surface area (Å²) < 4.78 is 5.12. The molecule has 5 nitrogen and oxygen atoms in total. The standard InChI is InChI=1S/C13H19N5S2/c1-4-6-10-16-11(14-7-5-2)8-12(17-10)19-13-15-9(3)18-20-13/h8H,4-7H2,1-3H3,(H,14,16,17). The SMILES string of the molecule is CCCNc1cc(Sc2nc(C)ns2)nc(CCC)n1. The first-order chi connectivity index (χ1) is 9.71. The predicted octanol–water partition coefficient (Wildman–Crippen LogP) is 3.56. The van der Waals surface area contributed by atoms with Crippen molar-refractivity contribution in [2.45, 2.75) is 49.4 Å². The van der Waals surface area contributed by atoms with Crippen LogP contribution in [0.2, 0.25) is 0 Å². The molecule has 0 aromatic carbocycles. The summed E-state index contributed by atoms with van der Waals surface area (Å²) in [7, 11) is 0. The number of nitrogens with one attached hydrogen (secondary N) is 1. The maximum atomic E-state index is 4.59. The molecule has 7 heteroatoms. The zero-order valence-electron chi connectivity index (χ0n) is 12.0. The van der Waals surface area contributed by atoms with Crippen LogP contribution in [-0.4, -0.2) is 25.9 Å². The van der Waals surface area contributed by atoms with E-state index in [1.54, 1.807) is 11.8 Å². The Morgan fingerprint density at radius 2 is 2.05 bits per heavy atom. The normalized spacial score (nSPS) is 10.8. The van der Waals surface area contributed by atoms with Crippen LogP contribution in [0.15, 0.2) is 15.4 Å². The maximum absolute atomic E-state index is 4.59. The Balaban J connectivity index is 2.18. The third-order valence-electron chi connectivity index (χ3n) is 2.48. The number of aromatic nitrogens is 4. The summed E-state index contributed by atoms with van der Waals surface area (Å²) in [5.74, 6) is 2.59. The van der Waals surface area contributed by atoms with Crippen LogP contribution in [0.25, 0.3) is 0 Å². The molecule has 0 saturated carbocycles. The summed E-state index contributed by atoms with van der Waals surface area (Å²) in [5, 5.41) is 4.26. The summed E-state index contributed by atoms with van der Waals surface area (Å²) in [5.41, 5.74) is 0. The van der Waals surface area contributed by atoms with E-state index in [1.807, 2.05) is 13.0 Å². The fourth-order valence-electron chi connectivity index (χ4n) is 1.61. The zero-order valence-corrected chi connectivity index (χ0v) is 13.6. The van der Waals surface area contributed by atoms with Gasteiger partial charge in [0, 0.05) is 19.0 Å². The number of aryl methyl sites for hydroxylation is 2. The molecule has 0 atom stereocenters. The highest BCUT2D eigenvalue weighted by atomic mass is 32.2. The van der Waals surface area contributed by atoms with Crippen LogP contribution in [0, 0.1) is 6.92 Å². The quantitative estimate of drug-likeness (QED) is 0.789. The Morgan fingerprint density at radius 1 is 1.20 bits per heavy atom. The van der Waals surface area contributed by atoms with Gasteiger partial charge in [0.1, 0.15) is 22.5 Å². The molecule has 2 heterocycles. The molecule has 2 aromatic rings. The van der Waals surface area contributed by atoms with Gasteiger partial charge in [-0.1, -0.05) is 13.8 Å². The first-order valence-corrected chi connectivity index (χ1v) is 8.40. The number of rotatable bonds is 7. The first-order valence-electron chi connectivity index (χ1n) is 6.81. The second-order valence-electron chi connectivity index (χ2n) is 4.39. The molecule has 0 saturated heterocycles. The van der Waals surface area contributed by atoms with Crippen molar-refractivity contribution in [2.75, 3.05) is 11.9 Å². The molecule has 2 rings (SSSR count). The van der Waals surface area contributed by atoms with Crippen LogP contribution in [0.5, 0.6) is 0 Å². The smallest absolute Gasteiger partial charge is 0.176 e. The monoisotopic (exact) mass is 309 g/mol.